The zero-order chi connectivity index (χ0) is 30.3. The smallest absolute Gasteiger partial charge is 0.125 e. The van der Waals surface area contributed by atoms with Crippen LogP contribution in [-0.4, -0.2) is 63.2 Å². The van der Waals surface area contributed by atoms with E-state index in [-0.39, 0.29) is 16.6 Å². The van der Waals surface area contributed by atoms with Crippen molar-refractivity contribution in [1.82, 2.24) is 0 Å². The summed E-state index contributed by atoms with van der Waals surface area (Å²) in [6, 6.07) is 12.5. The Hall–Kier alpha value is -2.58. The normalized spacial score (nSPS) is 21.8. The van der Waals surface area contributed by atoms with E-state index >= 15 is 0 Å². The monoisotopic (exact) mass is 610 g/mol. The number of thioether (sulfide) groups is 1. The Morgan fingerprint density at radius 1 is 0.762 bits per heavy atom. The Bertz CT molecular complexity index is 1180. The Balaban J connectivity index is 2.14. The van der Waals surface area contributed by atoms with E-state index < -0.39 is 12.2 Å². The Labute approximate surface area is 260 Å². The summed E-state index contributed by atoms with van der Waals surface area (Å²) in [5, 5.41) is 0.353. The minimum atomic E-state index is -0.435. The summed E-state index contributed by atoms with van der Waals surface area (Å²) in [7, 11) is 0. The van der Waals surface area contributed by atoms with Gasteiger partial charge >= 0.3 is 0 Å². The van der Waals surface area contributed by atoms with Gasteiger partial charge in [0.15, 0.2) is 0 Å². The highest BCUT2D eigenvalue weighted by Crippen LogP contribution is 2.50. The van der Waals surface area contributed by atoms with Gasteiger partial charge in [-0.25, -0.2) is 0 Å². The highest BCUT2D eigenvalue weighted by molar-refractivity contribution is 8.00. The van der Waals surface area contributed by atoms with Crippen LogP contribution < -0.4 is 4.74 Å². The first-order chi connectivity index (χ1) is 20.5. The van der Waals surface area contributed by atoms with Crippen molar-refractivity contribution in [3.63, 3.8) is 0 Å². The highest BCUT2D eigenvalue weighted by Gasteiger charge is 2.49. The van der Waals surface area contributed by atoms with Crippen molar-refractivity contribution in [1.29, 1.82) is 0 Å². The maximum Gasteiger partial charge on any atom is 0.125 e. The molecule has 1 heterocycles. The number of hydrogen-bond donors (Lipinski definition) is 0. The van der Waals surface area contributed by atoms with Gasteiger partial charge in [-0.3, -0.25) is 0 Å². The molecule has 0 saturated carbocycles. The van der Waals surface area contributed by atoms with Crippen LogP contribution in [0.25, 0.3) is 0 Å². The maximum atomic E-state index is 6.86. The van der Waals surface area contributed by atoms with E-state index in [9.17, 15) is 0 Å². The van der Waals surface area contributed by atoms with Gasteiger partial charge in [0.25, 0.3) is 0 Å². The molecular formula is C35H43ClO5S. The first-order valence-electron chi connectivity index (χ1n) is 14.1. The van der Waals surface area contributed by atoms with Gasteiger partial charge in [-0.05, 0) is 36.6 Å². The van der Waals surface area contributed by atoms with Crippen molar-refractivity contribution in [3.05, 3.63) is 127 Å². The molecule has 0 radical (unpaired) electrons. The lowest BCUT2D eigenvalue weighted by Crippen LogP contribution is -2.55. The molecule has 5 nitrogen and oxygen atoms in total. The third-order valence-electron chi connectivity index (χ3n) is 6.73. The Morgan fingerprint density at radius 2 is 1.36 bits per heavy atom. The molecule has 1 saturated heterocycles. The fraction of sp³-hybridized carbons (Fsp3) is 0.371. The Morgan fingerprint density at radius 3 is 1.98 bits per heavy atom. The topological polar surface area (TPSA) is 46.2 Å². The lowest BCUT2D eigenvalue weighted by Gasteiger charge is -2.46. The first kappa shape index (κ1) is 33.9. The van der Waals surface area contributed by atoms with E-state index in [1.807, 2.05) is 6.07 Å². The summed E-state index contributed by atoms with van der Waals surface area (Å²) < 4.78 is 31.4. The van der Waals surface area contributed by atoms with Crippen LogP contribution in [0.3, 0.4) is 0 Å². The summed E-state index contributed by atoms with van der Waals surface area (Å²) in [5.41, 5.74) is 4.34. The van der Waals surface area contributed by atoms with Gasteiger partial charge < -0.3 is 23.7 Å². The summed E-state index contributed by atoms with van der Waals surface area (Å²) in [5.74, 6) is 0.677. The van der Waals surface area contributed by atoms with Crippen molar-refractivity contribution in [2.24, 2.45) is 0 Å². The molecule has 1 aliphatic heterocycles. The van der Waals surface area contributed by atoms with Crippen LogP contribution in [-0.2, 0) is 25.4 Å². The van der Waals surface area contributed by atoms with Gasteiger partial charge in [0.2, 0.25) is 0 Å². The predicted molar refractivity (Wildman–Crippen MR) is 176 cm³/mol. The number of aryl methyl sites for hydroxylation is 1. The second-order valence-electron chi connectivity index (χ2n) is 9.92. The fourth-order valence-corrected chi connectivity index (χ4v) is 6.73. The van der Waals surface area contributed by atoms with Crippen molar-refractivity contribution >= 4 is 23.4 Å². The van der Waals surface area contributed by atoms with Crippen LogP contribution in [0, 0.1) is 6.92 Å². The van der Waals surface area contributed by atoms with Gasteiger partial charge in [0.1, 0.15) is 30.7 Å². The second kappa shape index (κ2) is 18.2. The average molecular weight is 611 g/mol. The van der Waals surface area contributed by atoms with Crippen LogP contribution in [0.1, 0.15) is 27.5 Å². The number of rotatable bonds is 19. The fourth-order valence-electron chi connectivity index (χ4n) is 4.85. The van der Waals surface area contributed by atoms with Gasteiger partial charge in [-0.15, -0.1) is 38.1 Å². The summed E-state index contributed by atoms with van der Waals surface area (Å²) >= 11 is 8.59. The van der Waals surface area contributed by atoms with Crippen LogP contribution >= 0.6 is 23.4 Å². The van der Waals surface area contributed by atoms with Crippen molar-refractivity contribution in [3.8, 4) is 5.75 Å². The predicted octanol–water partition coefficient (Wildman–Crippen LogP) is 7.88. The molecule has 5 atom stereocenters. The van der Waals surface area contributed by atoms with Gasteiger partial charge in [-0.1, -0.05) is 78.4 Å². The van der Waals surface area contributed by atoms with E-state index in [4.69, 9.17) is 35.3 Å². The van der Waals surface area contributed by atoms with Crippen LogP contribution in [0.5, 0.6) is 5.75 Å². The van der Waals surface area contributed by atoms with Crippen molar-refractivity contribution in [2.45, 2.75) is 42.2 Å². The van der Waals surface area contributed by atoms with Crippen LogP contribution in [0.15, 0.2) is 99.7 Å². The number of benzene rings is 2. The summed E-state index contributed by atoms with van der Waals surface area (Å²) in [6.45, 7) is 23.6. The average Bonchev–Trinajstić information content (AvgIpc) is 2.99. The molecule has 0 spiro atoms. The summed E-state index contributed by atoms with van der Waals surface area (Å²) in [4.78, 5) is 0. The summed E-state index contributed by atoms with van der Waals surface area (Å²) in [6.07, 6.45) is 8.18. The van der Waals surface area contributed by atoms with Gasteiger partial charge in [-0.2, -0.15) is 0 Å². The molecule has 2 aromatic rings. The molecule has 0 bridgehead atoms. The molecule has 0 N–H and O–H groups in total. The molecule has 2 aromatic carbocycles. The Kier molecular flexibility index (Phi) is 14.7. The lowest BCUT2D eigenvalue weighted by molar-refractivity contribution is -0.136. The standard InChI is InChI=1S/C35H43ClO5S/c1-7-16-37-24-31-32(39-18-9-3)33(40-19-10-4)34(41-20-11-5)35(42-31)28-22-27(21-26-14-12-25(6)13-15-26)29(36)23-30(28)38-17-8-2/h7-15,22-23,31-35H,1-5,16-21,24H2,6H3/t31-,32+,33+,34-,35+/m1/s1. The van der Waals surface area contributed by atoms with E-state index in [1.54, 1.807) is 42.1 Å². The van der Waals surface area contributed by atoms with Crippen LogP contribution in [0.2, 0.25) is 5.02 Å². The molecule has 0 unspecified atom stereocenters. The highest BCUT2D eigenvalue weighted by atomic mass is 35.5. The van der Waals surface area contributed by atoms with Crippen molar-refractivity contribution in [2.75, 3.05) is 39.6 Å². The molecule has 1 aliphatic rings. The molecule has 7 heteroatoms. The van der Waals surface area contributed by atoms with E-state index in [1.165, 1.54) is 11.1 Å². The minimum absolute atomic E-state index is 0.0863. The molecule has 3 rings (SSSR count). The molecule has 1 fully saturated rings. The molecule has 0 aromatic heterocycles. The van der Waals surface area contributed by atoms with E-state index in [2.05, 4.69) is 70.2 Å². The SMILES string of the molecule is C=CCOC[C@H]1S[C@@H](c2cc(Cc3ccc(C)cc3)c(Cl)cc2OCC=C)[C@H](OCC=C)[C@@H](OCC=C)[C@H]1OCC=C. The lowest BCUT2D eigenvalue weighted by atomic mass is 9.93. The van der Waals surface area contributed by atoms with Crippen molar-refractivity contribution < 1.29 is 23.7 Å². The van der Waals surface area contributed by atoms with Gasteiger partial charge in [0, 0.05) is 10.6 Å². The van der Waals surface area contributed by atoms with Crippen LogP contribution in [0.4, 0.5) is 0 Å². The van der Waals surface area contributed by atoms with E-state index in [0.717, 1.165) is 11.1 Å². The number of ether oxygens (including phenoxy) is 5. The molecule has 226 valence electrons. The molecule has 42 heavy (non-hydrogen) atoms. The minimum Gasteiger partial charge on any atom is -0.489 e. The molecule has 0 amide bonds. The van der Waals surface area contributed by atoms with E-state index in [0.29, 0.717) is 56.8 Å². The largest absolute Gasteiger partial charge is 0.489 e. The first-order valence-corrected chi connectivity index (χ1v) is 15.4. The third-order valence-corrected chi connectivity index (χ3v) is 8.65. The quantitative estimate of drug-likeness (QED) is 0.119. The maximum absolute atomic E-state index is 6.86. The van der Waals surface area contributed by atoms with Gasteiger partial charge in [0.05, 0.1) is 43.5 Å². The zero-order valence-electron chi connectivity index (χ0n) is 24.6. The molecular weight excluding hydrogens is 568 g/mol. The third kappa shape index (κ3) is 9.46. The second-order valence-corrected chi connectivity index (χ2v) is 11.7. The molecule has 0 aliphatic carbocycles. The zero-order valence-corrected chi connectivity index (χ0v) is 26.1. The number of hydrogen-bond acceptors (Lipinski definition) is 6. The number of halogens is 1.